The molecule has 3 N–H and O–H groups in total. The number of aromatic nitrogens is 2. The quantitative estimate of drug-likeness (QED) is 0.787. The van der Waals surface area contributed by atoms with Gasteiger partial charge >= 0.3 is 0 Å². The molecule has 2 heterocycles. The third-order valence-electron chi connectivity index (χ3n) is 3.67. The fraction of sp³-hybridized carbons (Fsp3) is 0.538. The van der Waals surface area contributed by atoms with Gasteiger partial charge in [0.15, 0.2) is 5.82 Å². The van der Waals surface area contributed by atoms with Crippen LogP contribution in [0.4, 0.5) is 5.82 Å². The molecule has 0 aromatic carbocycles. The Bertz CT molecular complexity index is 560. The van der Waals surface area contributed by atoms with Gasteiger partial charge in [-0.3, -0.25) is 4.79 Å². The van der Waals surface area contributed by atoms with Crippen molar-refractivity contribution in [2.45, 2.75) is 33.2 Å². The molecule has 1 aromatic rings. The third kappa shape index (κ3) is 2.45. The van der Waals surface area contributed by atoms with E-state index in [4.69, 9.17) is 18.0 Å². The fourth-order valence-corrected chi connectivity index (χ4v) is 2.71. The lowest BCUT2D eigenvalue weighted by Gasteiger charge is -2.36. The first-order valence-corrected chi connectivity index (χ1v) is 7.06. The van der Waals surface area contributed by atoms with E-state index in [1.54, 1.807) is 0 Å². The maximum atomic E-state index is 12.0. The number of thiocarbonyl (C=S) groups is 1. The van der Waals surface area contributed by atoms with Crippen LogP contribution in [-0.4, -0.2) is 40.2 Å². The number of amides is 1. The smallest absolute Gasteiger partial charge is 0.242 e. The molecule has 7 heteroatoms. The van der Waals surface area contributed by atoms with E-state index in [-0.39, 0.29) is 16.9 Å². The molecule has 1 fully saturated rings. The molecule has 1 aliphatic heterocycles. The van der Waals surface area contributed by atoms with Crippen LogP contribution < -0.4 is 16.0 Å². The van der Waals surface area contributed by atoms with E-state index in [0.717, 1.165) is 16.8 Å². The first-order valence-electron chi connectivity index (χ1n) is 6.65. The summed E-state index contributed by atoms with van der Waals surface area (Å²) in [5.74, 6) is 0.620. The molecular formula is C13H19N5OS. The highest BCUT2D eigenvalue weighted by atomic mass is 32.1. The number of carbonyl (C=O) groups excluding carboxylic acids is 1. The Kier molecular flexibility index (Phi) is 4.17. The monoisotopic (exact) mass is 293 g/mol. The van der Waals surface area contributed by atoms with Gasteiger partial charge < -0.3 is 16.0 Å². The van der Waals surface area contributed by atoms with E-state index in [0.29, 0.717) is 25.3 Å². The second kappa shape index (κ2) is 5.70. The van der Waals surface area contributed by atoms with Crippen LogP contribution in [0.5, 0.6) is 0 Å². The highest BCUT2D eigenvalue weighted by molar-refractivity contribution is 7.80. The van der Waals surface area contributed by atoms with Crippen LogP contribution in [0.3, 0.4) is 0 Å². The summed E-state index contributed by atoms with van der Waals surface area (Å²) in [5.41, 5.74) is 8.29. The Morgan fingerprint density at radius 2 is 2.20 bits per heavy atom. The summed E-state index contributed by atoms with van der Waals surface area (Å²) in [7, 11) is 0. The van der Waals surface area contributed by atoms with Crippen molar-refractivity contribution in [3.63, 3.8) is 0 Å². The summed E-state index contributed by atoms with van der Waals surface area (Å²) in [4.78, 5) is 14.2. The van der Waals surface area contributed by atoms with Crippen LogP contribution in [0.25, 0.3) is 0 Å². The molecule has 6 nitrogen and oxygen atoms in total. The molecule has 0 saturated carbocycles. The predicted molar refractivity (Wildman–Crippen MR) is 81.8 cm³/mol. The zero-order chi connectivity index (χ0) is 14.9. The second-order valence-electron chi connectivity index (χ2n) is 4.88. The average molecular weight is 293 g/mol. The number of anilines is 1. The van der Waals surface area contributed by atoms with Gasteiger partial charge in [0, 0.05) is 13.1 Å². The SMILES string of the molecule is CCC1C(=O)NCCN1c1nnc(C)c(C)c1C(N)=S. The van der Waals surface area contributed by atoms with E-state index in [2.05, 4.69) is 15.5 Å². The normalized spacial score (nSPS) is 18.9. The number of piperazine rings is 1. The van der Waals surface area contributed by atoms with Crippen molar-refractivity contribution in [1.29, 1.82) is 0 Å². The van der Waals surface area contributed by atoms with Crippen LogP contribution in [0.1, 0.15) is 30.2 Å². The zero-order valence-corrected chi connectivity index (χ0v) is 12.8. The molecule has 1 amide bonds. The maximum absolute atomic E-state index is 12.0. The molecule has 20 heavy (non-hydrogen) atoms. The van der Waals surface area contributed by atoms with Gasteiger partial charge in [0.1, 0.15) is 11.0 Å². The maximum Gasteiger partial charge on any atom is 0.242 e. The molecule has 0 radical (unpaired) electrons. The highest BCUT2D eigenvalue weighted by Gasteiger charge is 2.31. The summed E-state index contributed by atoms with van der Waals surface area (Å²) in [6, 6.07) is -0.256. The lowest BCUT2D eigenvalue weighted by atomic mass is 10.1. The predicted octanol–water partition coefficient (Wildman–Crippen LogP) is 0.442. The third-order valence-corrected chi connectivity index (χ3v) is 3.88. The molecule has 2 rings (SSSR count). The minimum atomic E-state index is -0.256. The molecule has 1 aromatic heterocycles. The van der Waals surface area contributed by atoms with Gasteiger partial charge in [-0.25, -0.2) is 0 Å². The Labute approximate surface area is 123 Å². The van der Waals surface area contributed by atoms with Gasteiger partial charge in [0.05, 0.1) is 11.3 Å². The summed E-state index contributed by atoms with van der Waals surface area (Å²) >= 11 is 5.15. The summed E-state index contributed by atoms with van der Waals surface area (Å²) < 4.78 is 0. The topological polar surface area (TPSA) is 84.1 Å². The number of nitrogens with zero attached hydrogens (tertiary/aromatic N) is 3. The van der Waals surface area contributed by atoms with Gasteiger partial charge in [0.2, 0.25) is 5.91 Å². The van der Waals surface area contributed by atoms with Gasteiger partial charge in [-0.2, -0.15) is 5.10 Å². The van der Waals surface area contributed by atoms with Gasteiger partial charge in [-0.05, 0) is 25.8 Å². The summed E-state index contributed by atoms with van der Waals surface area (Å²) in [6.45, 7) is 7.02. The average Bonchev–Trinajstić information content (AvgIpc) is 2.41. The van der Waals surface area contributed by atoms with E-state index in [1.165, 1.54) is 0 Å². The van der Waals surface area contributed by atoms with Crippen LogP contribution >= 0.6 is 12.2 Å². The lowest BCUT2D eigenvalue weighted by molar-refractivity contribution is -0.123. The number of hydrogen-bond donors (Lipinski definition) is 2. The van der Waals surface area contributed by atoms with E-state index < -0.39 is 0 Å². The minimum Gasteiger partial charge on any atom is -0.389 e. The van der Waals surface area contributed by atoms with Crippen LogP contribution in [-0.2, 0) is 4.79 Å². The summed E-state index contributed by atoms with van der Waals surface area (Å²) in [5, 5.41) is 11.3. The van der Waals surface area contributed by atoms with Crippen LogP contribution in [0.2, 0.25) is 0 Å². The molecular weight excluding hydrogens is 274 g/mol. The van der Waals surface area contributed by atoms with Crippen molar-refractivity contribution in [1.82, 2.24) is 15.5 Å². The molecule has 1 atom stereocenters. The van der Waals surface area contributed by atoms with Crippen molar-refractivity contribution >= 4 is 28.9 Å². The largest absolute Gasteiger partial charge is 0.389 e. The number of hydrogen-bond acceptors (Lipinski definition) is 5. The molecule has 1 saturated heterocycles. The second-order valence-corrected chi connectivity index (χ2v) is 5.32. The van der Waals surface area contributed by atoms with E-state index in [1.807, 2.05) is 25.7 Å². The van der Waals surface area contributed by atoms with Gasteiger partial charge in [-0.15, -0.1) is 5.10 Å². The van der Waals surface area contributed by atoms with E-state index in [9.17, 15) is 4.79 Å². The minimum absolute atomic E-state index is 0.00710. The van der Waals surface area contributed by atoms with Gasteiger partial charge in [-0.1, -0.05) is 19.1 Å². The number of aryl methyl sites for hydroxylation is 1. The molecule has 0 spiro atoms. The fourth-order valence-electron chi connectivity index (χ4n) is 2.47. The van der Waals surface area contributed by atoms with Crippen molar-refractivity contribution < 1.29 is 4.79 Å². The standard InChI is InChI=1S/C13H19N5OS/c1-4-9-13(19)15-5-6-18(9)12-10(11(14)20)7(2)8(3)16-17-12/h9H,4-6H2,1-3H3,(H2,14,20)(H,15,19). The van der Waals surface area contributed by atoms with Crippen LogP contribution in [0, 0.1) is 13.8 Å². The van der Waals surface area contributed by atoms with Crippen molar-refractivity contribution in [2.75, 3.05) is 18.0 Å². The number of nitrogens with two attached hydrogens (primary N) is 1. The number of rotatable bonds is 3. The zero-order valence-electron chi connectivity index (χ0n) is 11.9. The van der Waals surface area contributed by atoms with Crippen molar-refractivity contribution in [3.05, 3.63) is 16.8 Å². The molecule has 1 aliphatic rings. The molecule has 0 bridgehead atoms. The summed E-state index contributed by atoms with van der Waals surface area (Å²) in [6.07, 6.45) is 0.692. The highest BCUT2D eigenvalue weighted by Crippen LogP contribution is 2.25. The molecule has 108 valence electrons. The molecule has 0 aliphatic carbocycles. The van der Waals surface area contributed by atoms with E-state index >= 15 is 0 Å². The van der Waals surface area contributed by atoms with Crippen molar-refractivity contribution in [3.8, 4) is 0 Å². The Hall–Kier alpha value is -1.76. The first-order chi connectivity index (χ1) is 9.47. The number of carbonyl (C=O) groups is 1. The van der Waals surface area contributed by atoms with Gasteiger partial charge in [0.25, 0.3) is 0 Å². The lowest BCUT2D eigenvalue weighted by Crippen LogP contribution is -2.56. The Morgan fingerprint density at radius 1 is 1.50 bits per heavy atom. The van der Waals surface area contributed by atoms with Crippen LogP contribution in [0.15, 0.2) is 0 Å². The Balaban J connectivity index is 2.54. The Morgan fingerprint density at radius 3 is 2.80 bits per heavy atom. The number of nitrogens with one attached hydrogen (secondary N) is 1. The van der Waals surface area contributed by atoms with Crippen molar-refractivity contribution in [2.24, 2.45) is 5.73 Å². The molecule has 1 unspecified atom stereocenters. The first kappa shape index (κ1) is 14.6.